The molecule has 1 aromatic carbocycles. The van der Waals surface area contributed by atoms with Gasteiger partial charge in [0.15, 0.2) is 6.29 Å². The van der Waals surface area contributed by atoms with Crippen LogP contribution in [0, 0.1) is 6.92 Å². The van der Waals surface area contributed by atoms with Crippen molar-refractivity contribution in [1.29, 1.82) is 0 Å². The van der Waals surface area contributed by atoms with Crippen molar-refractivity contribution in [1.82, 2.24) is 0 Å². The van der Waals surface area contributed by atoms with Crippen LogP contribution in [0.1, 0.15) is 33.9 Å². The van der Waals surface area contributed by atoms with Crippen molar-refractivity contribution >= 4 is 6.29 Å². The zero-order chi connectivity index (χ0) is 11.4. The molecule has 0 bridgehead atoms. The molecule has 0 radical (unpaired) electrons. The second kappa shape index (κ2) is 4.91. The van der Waals surface area contributed by atoms with Gasteiger partial charge in [-0.15, -0.1) is 0 Å². The lowest BCUT2D eigenvalue weighted by Gasteiger charge is -2.14. The molecule has 0 spiro atoms. The maximum Gasteiger partial charge on any atom is 0.153 e. The van der Waals surface area contributed by atoms with Gasteiger partial charge in [-0.1, -0.05) is 6.07 Å². The molecule has 1 rings (SSSR count). The highest BCUT2D eigenvalue weighted by molar-refractivity contribution is 5.80. The van der Waals surface area contributed by atoms with E-state index < -0.39 is 6.04 Å². The van der Waals surface area contributed by atoms with E-state index in [1.807, 2.05) is 6.92 Å². The van der Waals surface area contributed by atoms with Gasteiger partial charge in [-0.05, 0) is 25.0 Å². The van der Waals surface area contributed by atoms with E-state index in [2.05, 4.69) is 0 Å². The van der Waals surface area contributed by atoms with Crippen LogP contribution in [-0.4, -0.2) is 23.1 Å². The highest BCUT2D eigenvalue weighted by Crippen LogP contribution is 2.28. The van der Waals surface area contributed by atoms with Crippen molar-refractivity contribution in [2.45, 2.75) is 19.4 Å². The molecule has 1 aromatic rings. The molecule has 1 atom stereocenters. The van der Waals surface area contributed by atoms with Gasteiger partial charge in [0.05, 0.1) is 5.56 Å². The second-order valence-electron chi connectivity index (χ2n) is 3.53. The number of hydrogen-bond acceptors (Lipinski definition) is 4. The number of aliphatic hydroxyl groups is 1. The number of aliphatic hydroxyl groups excluding tert-OH is 1. The number of rotatable bonds is 4. The first-order chi connectivity index (χ1) is 7.10. The van der Waals surface area contributed by atoms with Crippen molar-refractivity contribution in [2.24, 2.45) is 5.73 Å². The van der Waals surface area contributed by atoms with E-state index in [-0.39, 0.29) is 17.9 Å². The predicted octanol–water partition coefficient (Wildman–Crippen LogP) is 0.895. The largest absolute Gasteiger partial charge is 0.507 e. The lowest BCUT2D eigenvalue weighted by molar-refractivity contribution is 0.112. The third-order valence-corrected chi connectivity index (χ3v) is 2.28. The van der Waals surface area contributed by atoms with Gasteiger partial charge in [-0.25, -0.2) is 0 Å². The van der Waals surface area contributed by atoms with Crippen LogP contribution in [-0.2, 0) is 0 Å². The van der Waals surface area contributed by atoms with Gasteiger partial charge in [-0.2, -0.15) is 0 Å². The van der Waals surface area contributed by atoms with Crippen LogP contribution in [0.4, 0.5) is 0 Å². The van der Waals surface area contributed by atoms with Crippen molar-refractivity contribution < 1.29 is 15.0 Å². The number of hydrogen-bond donors (Lipinski definition) is 3. The molecule has 0 aromatic heterocycles. The minimum absolute atomic E-state index is 0.0506. The maximum atomic E-state index is 10.7. The fraction of sp³-hybridized carbons (Fsp3) is 0.364. The van der Waals surface area contributed by atoms with Gasteiger partial charge < -0.3 is 15.9 Å². The van der Waals surface area contributed by atoms with Crippen molar-refractivity contribution in [3.8, 4) is 5.75 Å². The van der Waals surface area contributed by atoms with E-state index in [0.29, 0.717) is 18.3 Å². The number of aldehydes is 1. The normalized spacial score (nSPS) is 12.5. The second-order valence-corrected chi connectivity index (χ2v) is 3.53. The summed E-state index contributed by atoms with van der Waals surface area (Å²) in [6, 6.07) is 2.87. The number of phenolic OH excluding ortho intramolecular Hbond substituents is 1. The van der Waals surface area contributed by atoms with Crippen LogP contribution >= 0.6 is 0 Å². The monoisotopic (exact) mass is 209 g/mol. The summed E-state index contributed by atoms with van der Waals surface area (Å²) in [6.07, 6.45) is 0.951. The number of carbonyl (C=O) groups is 1. The molecule has 4 N–H and O–H groups in total. The summed E-state index contributed by atoms with van der Waals surface area (Å²) < 4.78 is 0. The predicted molar refractivity (Wildman–Crippen MR) is 56.9 cm³/mol. The Morgan fingerprint density at radius 3 is 2.73 bits per heavy atom. The number of phenols is 1. The Morgan fingerprint density at radius 1 is 1.53 bits per heavy atom. The summed E-state index contributed by atoms with van der Waals surface area (Å²) in [5.41, 5.74) is 7.36. The average Bonchev–Trinajstić information content (AvgIpc) is 2.21. The van der Waals surface area contributed by atoms with Crippen molar-refractivity contribution in [2.75, 3.05) is 6.61 Å². The smallest absolute Gasteiger partial charge is 0.153 e. The standard InChI is InChI=1S/C11H15NO3/c1-7-4-8(6-14)11(15)9(5-7)10(12)2-3-13/h4-6,10,13,15H,2-3,12H2,1H3/t10-/m1/s1. The lowest BCUT2D eigenvalue weighted by atomic mass is 9.98. The Hall–Kier alpha value is -1.39. The van der Waals surface area contributed by atoms with E-state index in [9.17, 15) is 9.90 Å². The van der Waals surface area contributed by atoms with Crippen molar-refractivity contribution in [3.05, 3.63) is 28.8 Å². The summed E-state index contributed by atoms with van der Waals surface area (Å²) in [6.45, 7) is 1.77. The molecule has 15 heavy (non-hydrogen) atoms. The van der Waals surface area contributed by atoms with Gasteiger partial charge in [0.25, 0.3) is 0 Å². The fourth-order valence-corrected chi connectivity index (χ4v) is 1.50. The van der Waals surface area contributed by atoms with Gasteiger partial charge >= 0.3 is 0 Å². The third-order valence-electron chi connectivity index (χ3n) is 2.28. The molecule has 0 aliphatic carbocycles. The molecular formula is C11H15NO3. The molecule has 82 valence electrons. The third kappa shape index (κ3) is 2.55. The van der Waals surface area contributed by atoms with Crippen LogP contribution in [0.2, 0.25) is 0 Å². The molecule has 4 nitrogen and oxygen atoms in total. The Bertz CT molecular complexity index is 363. The van der Waals surface area contributed by atoms with Gasteiger partial charge in [-0.3, -0.25) is 4.79 Å². The maximum absolute atomic E-state index is 10.7. The molecular weight excluding hydrogens is 194 g/mol. The Balaban J connectivity index is 3.16. The number of carbonyl (C=O) groups excluding carboxylic acids is 1. The van der Waals surface area contributed by atoms with E-state index in [0.717, 1.165) is 5.56 Å². The summed E-state index contributed by atoms with van der Waals surface area (Å²) in [7, 11) is 0. The molecule has 0 fully saturated rings. The minimum atomic E-state index is -0.450. The van der Waals surface area contributed by atoms with E-state index in [1.54, 1.807) is 12.1 Å². The number of benzene rings is 1. The first kappa shape index (κ1) is 11.7. The number of aromatic hydroxyl groups is 1. The summed E-state index contributed by atoms with van der Waals surface area (Å²) in [5.74, 6) is -0.0865. The van der Waals surface area contributed by atoms with Gasteiger partial charge in [0.1, 0.15) is 5.75 Å². The first-order valence-corrected chi connectivity index (χ1v) is 4.75. The summed E-state index contributed by atoms with van der Waals surface area (Å²) in [5, 5.41) is 18.5. The molecule has 0 heterocycles. The van der Waals surface area contributed by atoms with Crippen LogP contribution in [0.15, 0.2) is 12.1 Å². The van der Waals surface area contributed by atoms with Crippen molar-refractivity contribution in [3.63, 3.8) is 0 Å². The first-order valence-electron chi connectivity index (χ1n) is 4.75. The number of aryl methyl sites for hydroxylation is 1. The van der Waals surface area contributed by atoms with E-state index in [4.69, 9.17) is 10.8 Å². The molecule has 0 aliphatic heterocycles. The quantitative estimate of drug-likeness (QED) is 0.643. The molecule has 0 aliphatic rings. The number of nitrogens with two attached hydrogens (primary N) is 1. The fourth-order valence-electron chi connectivity index (χ4n) is 1.50. The van der Waals surface area contributed by atoms with Crippen LogP contribution in [0.25, 0.3) is 0 Å². The average molecular weight is 209 g/mol. The lowest BCUT2D eigenvalue weighted by Crippen LogP contribution is -2.13. The molecule has 4 heteroatoms. The van der Waals surface area contributed by atoms with E-state index >= 15 is 0 Å². The Kier molecular flexibility index (Phi) is 3.82. The summed E-state index contributed by atoms with van der Waals surface area (Å²) >= 11 is 0. The van der Waals surface area contributed by atoms with Crippen LogP contribution in [0.3, 0.4) is 0 Å². The molecule has 0 saturated heterocycles. The molecule has 0 unspecified atom stereocenters. The van der Waals surface area contributed by atoms with Gasteiger partial charge in [0, 0.05) is 18.2 Å². The highest BCUT2D eigenvalue weighted by atomic mass is 16.3. The van der Waals surface area contributed by atoms with Crippen LogP contribution < -0.4 is 5.73 Å². The zero-order valence-corrected chi connectivity index (χ0v) is 8.60. The Morgan fingerprint density at radius 2 is 2.20 bits per heavy atom. The van der Waals surface area contributed by atoms with Crippen LogP contribution in [0.5, 0.6) is 5.75 Å². The van der Waals surface area contributed by atoms with Gasteiger partial charge in [0.2, 0.25) is 0 Å². The minimum Gasteiger partial charge on any atom is -0.507 e. The topological polar surface area (TPSA) is 83.5 Å². The molecule has 0 saturated carbocycles. The zero-order valence-electron chi connectivity index (χ0n) is 8.60. The van der Waals surface area contributed by atoms with E-state index in [1.165, 1.54) is 0 Å². The summed E-state index contributed by atoms with van der Waals surface area (Å²) in [4.78, 5) is 10.7. The Labute approximate surface area is 88.3 Å². The SMILES string of the molecule is Cc1cc(C=O)c(O)c([C@H](N)CCO)c1. The molecule has 0 amide bonds. The highest BCUT2D eigenvalue weighted by Gasteiger charge is 2.14.